The van der Waals surface area contributed by atoms with E-state index in [9.17, 15) is 0 Å². The highest BCUT2D eigenvalue weighted by atomic mass is 127. The molecule has 2 rings (SSSR count). The van der Waals surface area contributed by atoms with Gasteiger partial charge in [-0.25, -0.2) is 4.99 Å². The number of halogens is 1. The number of para-hydroxylation sites is 1. The zero-order valence-electron chi connectivity index (χ0n) is 16.5. The highest BCUT2D eigenvalue weighted by Gasteiger charge is 2.19. The van der Waals surface area contributed by atoms with Crippen molar-refractivity contribution in [1.82, 2.24) is 15.5 Å². The smallest absolute Gasteiger partial charge is 0.191 e. The molecule has 1 saturated heterocycles. The zero-order valence-corrected chi connectivity index (χ0v) is 18.8. The Labute approximate surface area is 176 Å². The second-order valence-electron chi connectivity index (χ2n) is 6.63. The van der Waals surface area contributed by atoms with Crippen LogP contribution in [0.4, 0.5) is 0 Å². The Morgan fingerprint density at radius 1 is 1.23 bits per heavy atom. The van der Waals surface area contributed by atoms with Crippen molar-refractivity contribution in [1.29, 1.82) is 0 Å². The number of nitrogens with zero attached hydrogens (tertiary/aromatic N) is 2. The minimum Gasteiger partial charge on any atom is -0.491 e. The van der Waals surface area contributed by atoms with Crippen molar-refractivity contribution in [3.05, 3.63) is 29.8 Å². The maximum Gasteiger partial charge on any atom is 0.191 e. The lowest BCUT2D eigenvalue weighted by atomic mass is 10.1. The molecular weight excluding hydrogens is 439 g/mol. The van der Waals surface area contributed by atoms with Crippen LogP contribution in [-0.2, 0) is 0 Å². The van der Waals surface area contributed by atoms with Crippen LogP contribution in [0.15, 0.2) is 29.3 Å². The summed E-state index contributed by atoms with van der Waals surface area (Å²) < 4.78 is 5.83. The standard InChI is InChI=1S/C20H34N4O.HI/c1-4-13-24-14-10-18(11-15-24)23-20(21-5-2)22-12-16-25-19-9-7-6-8-17(19)3;/h6-9,18H,4-5,10-16H2,1-3H3,(H2,21,22,23);1H. The molecule has 0 amide bonds. The topological polar surface area (TPSA) is 48.9 Å². The molecule has 6 heteroatoms. The predicted octanol–water partition coefficient (Wildman–Crippen LogP) is 3.42. The molecule has 1 aliphatic heterocycles. The van der Waals surface area contributed by atoms with Gasteiger partial charge >= 0.3 is 0 Å². The van der Waals surface area contributed by atoms with E-state index in [4.69, 9.17) is 4.74 Å². The minimum absolute atomic E-state index is 0. The van der Waals surface area contributed by atoms with Gasteiger partial charge < -0.3 is 20.3 Å². The van der Waals surface area contributed by atoms with Crippen LogP contribution < -0.4 is 15.4 Å². The number of hydrogen-bond acceptors (Lipinski definition) is 3. The van der Waals surface area contributed by atoms with Crippen LogP contribution >= 0.6 is 24.0 Å². The third-order valence-corrected chi connectivity index (χ3v) is 4.52. The van der Waals surface area contributed by atoms with E-state index >= 15 is 0 Å². The molecule has 1 aromatic rings. The SMILES string of the molecule is CCCN1CCC(NC(=NCCOc2ccccc2C)NCC)CC1.I. The molecule has 1 fully saturated rings. The minimum atomic E-state index is 0. The highest BCUT2D eigenvalue weighted by molar-refractivity contribution is 14.0. The molecule has 1 aliphatic rings. The number of benzene rings is 1. The summed E-state index contributed by atoms with van der Waals surface area (Å²) in [5.74, 6) is 1.85. The normalized spacial score (nSPS) is 16.0. The number of rotatable bonds is 8. The third-order valence-electron chi connectivity index (χ3n) is 4.52. The fourth-order valence-corrected chi connectivity index (χ4v) is 3.16. The summed E-state index contributed by atoms with van der Waals surface area (Å²) in [7, 11) is 0. The van der Waals surface area contributed by atoms with Crippen LogP contribution in [0.1, 0.15) is 38.7 Å². The number of aliphatic imine (C=N–C) groups is 1. The maximum atomic E-state index is 5.83. The van der Waals surface area contributed by atoms with Gasteiger partial charge in [0.05, 0.1) is 6.54 Å². The molecule has 2 N–H and O–H groups in total. The van der Waals surface area contributed by atoms with Gasteiger partial charge in [0.25, 0.3) is 0 Å². The van der Waals surface area contributed by atoms with Crippen molar-refractivity contribution in [2.45, 2.75) is 46.1 Å². The van der Waals surface area contributed by atoms with Gasteiger partial charge in [-0.1, -0.05) is 25.1 Å². The van der Waals surface area contributed by atoms with Gasteiger partial charge in [-0.05, 0) is 51.3 Å². The molecule has 0 saturated carbocycles. The van der Waals surface area contributed by atoms with Crippen LogP contribution in [0.2, 0.25) is 0 Å². The van der Waals surface area contributed by atoms with Crippen molar-refractivity contribution < 1.29 is 4.74 Å². The summed E-state index contributed by atoms with van der Waals surface area (Å²) >= 11 is 0. The fourth-order valence-electron chi connectivity index (χ4n) is 3.16. The summed E-state index contributed by atoms with van der Waals surface area (Å²) in [4.78, 5) is 7.22. The molecule has 0 aliphatic carbocycles. The lowest BCUT2D eigenvalue weighted by molar-refractivity contribution is 0.206. The van der Waals surface area contributed by atoms with E-state index in [1.54, 1.807) is 0 Å². The quantitative estimate of drug-likeness (QED) is 0.263. The van der Waals surface area contributed by atoms with Crippen LogP contribution in [0.3, 0.4) is 0 Å². The van der Waals surface area contributed by atoms with Crippen molar-refractivity contribution in [2.75, 3.05) is 39.3 Å². The molecule has 1 heterocycles. The number of aryl methyl sites for hydroxylation is 1. The Bertz CT molecular complexity index is 530. The van der Waals surface area contributed by atoms with E-state index in [-0.39, 0.29) is 24.0 Å². The second-order valence-corrected chi connectivity index (χ2v) is 6.63. The third kappa shape index (κ3) is 8.12. The molecule has 0 radical (unpaired) electrons. The van der Waals surface area contributed by atoms with Crippen LogP contribution in [0.25, 0.3) is 0 Å². The maximum absolute atomic E-state index is 5.83. The Morgan fingerprint density at radius 3 is 2.62 bits per heavy atom. The van der Waals surface area contributed by atoms with Crippen molar-refractivity contribution in [2.24, 2.45) is 4.99 Å². The average molecular weight is 474 g/mol. The first kappa shape index (κ1) is 23.0. The van der Waals surface area contributed by atoms with E-state index in [2.05, 4.69) is 47.4 Å². The Kier molecular flexibility index (Phi) is 11.7. The monoisotopic (exact) mass is 474 g/mol. The summed E-state index contributed by atoms with van der Waals surface area (Å²) in [6, 6.07) is 8.62. The number of guanidine groups is 1. The van der Waals surface area contributed by atoms with E-state index in [1.165, 1.54) is 38.9 Å². The number of hydrogen-bond donors (Lipinski definition) is 2. The van der Waals surface area contributed by atoms with Gasteiger partial charge in [-0.3, -0.25) is 0 Å². The van der Waals surface area contributed by atoms with Gasteiger partial charge in [-0.15, -0.1) is 24.0 Å². The van der Waals surface area contributed by atoms with Gasteiger partial charge in [-0.2, -0.15) is 0 Å². The molecule has 0 bridgehead atoms. The Hall–Kier alpha value is -1.02. The molecule has 26 heavy (non-hydrogen) atoms. The second kappa shape index (κ2) is 13.2. The van der Waals surface area contributed by atoms with Crippen molar-refractivity contribution in [3.8, 4) is 5.75 Å². The fraction of sp³-hybridized carbons (Fsp3) is 0.650. The molecule has 5 nitrogen and oxygen atoms in total. The zero-order chi connectivity index (χ0) is 17.9. The summed E-state index contributed by atoms with van der Waals surface area (Å²) in [6.45, 7) is 12.1. The number of ether oxygens (including phenoxy) is 1. The molecule has 1 aromatic carbocycles. The molecule has 0 aromatic heterocycles. The van der Waals surface area contributed by atoms with Gasteiger partial charge in [0.2, 0.25) is 0 Å². The van der Waals surface area contributed by atoms with E-state index in [1.807, 2.05) is 18.2 Å². The van der Waals surface area contributed by atoms with E-state index < -0.39 is 0 Å². The molecule has 0 atom stereocenters. The molecular formula is C20H35IN4O. The highest BCUT2D eigenvalue weighted by Crippen LogP contribution is 2.15. The number of likely N-dealkylation sites (tertiary alicyclic amines) is 1. The number of piperidine rings is 1. The van der Waals surface area contributed by atoms with Crippen molar-refractivity contribution in [3.63, 3.8) is 0 Å². The van der Waals surface area contributed by atoms with Crippen LogP contribution in [0, 0.1) is 6.92 Å². The summed E-state index contributed by atoms with van der Waals surface area (Å²) in [5.41, 5.74) is 1.16. The lowest BCUT2D eigenvalue weighted by Gasteiger charge is -2.32. The van der Waals surface area contributed by atoms with Gasteiger partial charge in [0, 0.05) is 25.7 Å². The summed E-state index contributed by atoms with van der Waals surface area (Å²) in [6.07, 6.45) is 3.61. The molecule has 0 spiro atoms. The largest absolute Gasteiger partial charge is 0.491 e. The lowest BCUT2D eigenvalue weighted by Crippen LogP contribution is -2.48. The molecule has 148 valence electrons. The van der Waals surface area contributed by atoms with Crippen molar-refractivity contribution >= 4 is 29.9 Å². The van der Waals surface area contributed by atoms with Crippen LogP contribution in [-0.4, -0.2) is 56.2 Å². The van der Waals surface area contributed by atoms with Gasteiger partial charge in [0.15, 0.2) is 5.96 Å². The Balaban J connectivity index is 0.00000338. The van der Waals surface area contributed by atoms with Gasteiger partial charge in [0.1, 0.15) is 12.4 Å². The van der Waals surface area contributed by atoms with E-state index in [0.29, 0.717) is 19.2 Å². The first-order chi connectivity index (χ1) is 12.2. The van der Waals surface area contributed by atoms with E-state index in [0.717, 1.165) is 23.8 Å². The first-order valence-corrected chi connectivity index (χ1v) is 9.68. The average Bonchev–Trinajstić information content (AvgIpc) is 2.62. The molecule has 0 unspecified atom stereocenters. The number of nitrogens with one attached hydrogen (secondary N) is 2. The summed E-state index contributed by atoms with van der Waals surface area (Å²) in [5, 5.41) is 6.93. The first-order valence-electron chi connectivity index (χ1n) is 9.68. The predicted molar refractivity (Wildman–Crippen MR) is 121 cm³/mol. The van der Waals surface area contributed by atoms with Crippen LogP contribution in [0.5, 0.6) is 5.75 Å². The Morgan fingerprint density at radius 2 is 1.96 bits per heavy atom.